The smallest absolute Gasteiger partial charge is 0.269 e. The lowest BCUT2D eigenvalue weighted by molar-refractivity contribution is -0.384. The Kier molecular flexibility index (Phi) is 5.45. The molecular formula is C24H20N4O5. The van der Waals surface area contributed by atoms with Gasteiger partial charge in [0.2, 0.25) is 0 Å². The summed E-state index contributed by atoms with van der Waals surface area (Å²) in [5.41, 5.74) is 2.69. The number of carbonyl (C=O) groups is 1. The molecule has 1 aliphatic rings. The lowest BCUT2D eigenvalue weighted by Crippen LogP contribution is -2.41. The van der Waals surface area contributed by atoms with Crippen molar-refractivity contribution in [3.8, 4) is 11.3 Å². The molecule has 0 saturated carbocycles. The van der Waals surface area contributed by atoms with Crippen LogP contribution in [0.15, 0.2) is 65.1 Å². The number of non-ortho nitro benzene ring substituents is 1. The van der Waals surface area contributed by atoms with Crippen molar-refractivity contribution in [1.29, 1.82) is 0 Å². The molecule has 0 spiro atoms. The molecule has 2 aromatic heterocycles. The third-order valence-electron chi connectivity index (χ3n) is 5.45. The fourth-order valence-electron chi connectivity index (χ4n) is 3.72. The van der Waals surface area contributed by atoms with Gasteiger partial charge < -0.3 is 19.0 Å². The number of carbonyl (C=O) groups excluding carboxylic acids is 1. The number of nitro groups is 1. The van der Waals surface area contributed by atoms with Gasteiger partial charge in [-0.1, -0.05) is 12.1 Å². The van der Waals surface area contributed by atoms with Crippen molar-refractivity contribution in [3.05, 3.63) is 82.4 Å². The van der Waals surface area contributed by atoms with Gasteiger partial charge in [0.1, 0.15) is 17.3 Å². The second-order valence-corrected chi connectivity index (χ2v) is 7.57. The highest BCUT2D eigenvalue weighted by molar-refractivity contribution is 6.23. The number of imidazole rings is 1. The van der Waals surface area contributed by atoms with Crippen molar-refractivity contribution < 1.29 is 18.9 Å². The summed E-state index contributed by atoms with van der Waals surface area (Å²) in [7, 11) is 0. The van der Waals surface area contributed by atoms with Gasteiger partial charge in [-0.3, -0.25) is 14.9 Å². The molecule has 0 atom stereocenters. The topological polar surface area (TPSA) is 114 Å². The van der Waals surface area contributed by atoms with Gasteiger partial charge in [-0.05, 0) is 42.5 Å². The standard InChI is InChI=1S/C24H20N4O5/c29-24(27-11-13-32-14-12-27)19(23-25-20-3-1-2-4-21(20)26-23)15-18-9-10-22(33-18)16-5-7-17(8-6-16)28(30)31/h1-10,15H,11-14H2,(H,25,26)/b19-15+. The number of H-pyrrole nitrogens is 1. The molecule has 1 aliphatic heterocycles. The van der Waals surface area contributed by atoms with Crippen molar-refractivity contribution >= 4 is 34.3 Å². The second-order valence-electron chi connectivity index (χ2n) is 7.57. The molecule has 9 nitrogen and oxygen atoms in total. The van der Waals surface area contributed by atoms with Crippen molar-refractivity contribution in [3.63, 3.8) is 0 Å². The molecule has 0 aliphatic carbocycles. The number of benzene rings is 2. The zero-order valence-electron chi connectivity index (χ0n) is 17.6. The number of hydrogen-bond acceptors (Lipinski definition) is 6. The van der Waals surface area contributed by atoms with Crippen LogP contribution in [0.5, 0.6) is 0 Å². The third-order valence-corrected chi connectivity index (χ3v) is 5.45. The quantitative estimate of drug-likeness (QED) is 0.281. The number of nitro benzene ring substituents is 1. The number of para-hydroxylation sites is 2. The van der Waals surface area contributed by atoms with E-state index in [0.717, 1.165) is 11.0 Å². The fraction of sp³-hybridized carbons (Fsp3) is 0.167. The number of rotatable bonds is 5. The van der Waals surface area contributed by atoms with Gasteiger partial charge in [0.15, 0.2) is 0 Å². The molecule has 1 fully saturated rings. The van der Waals surface area contributed by atoms with E-state index in [1.165, 1.54) is 12.1 Å². The lowest BCUT2D eigenvalue weighted by Gasteiger charge is -2.27. The summed E-state index contributed by atoms with van der Waals surface area (Å²) in [4.78, 5) is 33.4. The molecule has 4 aromatic rings. The van der Waals surface area contributed by atoms with E-state index in [-0.39, 0.29) is 11.6 Å². The molecular weight excluding hydrogens is 424 g/mol. The van der Waals surface area contributed by atoms with Crippen LogP contribution in [0.2, 0.25) is 0 Å². The number of furan rings is 1. The predicted octanol–water partition coefficient (Wildman–Crippen LogP) is 4.13. The Labute approximate surface area is 188 Å². The number of aromatic amines is 1. The summed E-state index contributed by atoms with van der Waals surface area (Å²) in [6, 6.07) is 17.2. The van der Waals surface area contributed by atoms with E-state index in [9.17, 15) is 14.9 Å². The summed E-state index contributed by atoms with van der Waals surface area (Å²) in [5.74, 6) is 1.31. The molecule has 1 amide bonds. The Morgan fingerprint density at radius 3 is 2.55 bits per heavy atom. The van der Waals surface area contributed by atoms with Crippen molar-refractivity contribution in [2.45, 2.75) is 0 Å². The maximum Gasteiger partial charge on any atom is 0.269 e. The zero-order chi connectivity index (χ0) is 22.8. The van der Waals surface area contributed by atoms with Gasteiger partial charge in [0.05, 0.1) is 34.7 Å². The van der Waals surface area contributed by atoms with Crippen LogP contribution in [-0.4, -0.2) is 52.0 Å². The molecule has 1 N–H and O–H groups in total. The van der Waals surface area contributed by atoms with Crippen molar-refractivity contribution in [2.24, 2.45) is 0 Å². The number of morpholine rings is 1. The largest absolute Gasteiger partial charge is 0.457 e. The second kappa shape index (κ2) is 8.71. The first-order valence-electron chi connectivity index (χ1n) is 10.5. The average Bonchev–Trinajstić information content (AvgIpc) is 3.50. The van der Waals surface area contributed by atoms with E-state index in [0.29, 0.717) is 54.8 Å². The van der Waals surface area contributed by atoms with Crippen LogP contribution in [0.1, 0.15) is 11.6 Å². The first-order chi connectivity index (χ1) is 16.1. The Balaban J connectivity index is 1.51. The molecule has 5 rings (SSSR count). The number of fused-ring (bicyclic) bond motifs is 1. The average molecular weight is 444 g/mol. The Bertz CT molecular complexity index is 1310. The van der Waals surface area contributed by atoms with E-state index in [1.54, 1.807) is 35.2 Å². The number of nitrogens with zero attached hydrogens (tertiary/aromatic N) is 3. The monoisotopic (exact) mass is 444 g/mol. The number of hydrogen-bond donors (Lipinski definition) is 1. The highest BCUT2D eigenvalue weighted by Gasteiger charge is 2.24. The van der Waals surface area contributed by atoms with Crippen LogP contribution in [0.4, 0.5) is 5.69 Å². The van der Waals surface area contributed by atoms with Crippen LogP contribution < -0.4 is 0 Å². The summed E-state index contributed by atoms with van der Waals surface area (Å²) in [6.07, 6.45) is 1.67. The third kappa shape index (κ3) is 4.26. The highest BCUT2D eigenvalue weighted by Crippen LogP contribution is 2.28. The molecule has 0 radical (unpaired) electrons. The minimum Gasteiger partial charge on any atom is -0.457 e. The van der Waals surface area contributed by atoms with Gasteiger partial charge in [-0.15, -0.1) is 0 Å². The molecule has 2 aromatic carbocycles. The van der Waals surface area contributed by atoms with Gasteiger partial charge in [-0.2, -0.15) is 0 Å². The number of nitrogens with one attached hydrogen (secondary N) is 1. The highest BCUT2D eigenvalue weighted by atomic mass is 16.6. The number of aromatic nitrogens is 2. The van der Waals surface area contributed by atoms with Crippen molar-refractivity contribution in [1.82, 2.24) is 14.9 Å². The van der Waals surface area contributed by atoms with Crippen LogP contribution in [-0.2, 0) is 9.53 Å². The van der Waals surface area contributed by atoms with E-state index < -0.39 is 4.92 Å². The zero-order valence-corrected chi connectivity index (χ0v) is 17.6. The van der Waals surface area contributed by atoms with E-state index in [4.69, 9.17) is 9.15 Å². The maximum absolute atomic E-state index is 13.4. The molecule has 0 bridgehead atoms. The number of amides is 1. The van der Waals surface area contributed by atoms with Crippen LogP contribution in [0, 0.1) is 10.1 Å². The van der Waals surface area contributed by atoms with Crippen LogP contribution in [0.3, 0.4) is 0 Å². The SMILES string of the molecule is O=C(/C(=C/c1ccc(-c2ccc([N+](=O)[O-])cc2)o1)c1nc2ccccc2[nH]1)N1CCOCC1. The van der Waals surface area contributed by atoms with E-state index >= 15 is 0 Å². The molecule has 0 unspecified atom stereocenters. The maximum atomic E-state index is 13.4. The first-order valence-corrected chi connectivity index (χ1v) is 10.5. The molecule has 1 saturated heterocycles. The Morgan fingerprint density at radius 1 is 1.06 bits per heavy atom. The van der Waals surface area contributed by atoms with Crippen molar-refractivity contribution in [2.75, 3.05) is 26.3 Å². The first kappa shape index (κ1) is 20.7. The molecule has 3 heterocycles. The summed E-state index contributed by atoms with van der Waals surface area (Å²) in [6.45, 7) is 1.99. The molecule has 166 valence electrons. The van der Waals surface area contributed by atoms with Gasteiger partial charge in [-0.25, -0.2) is 4.98 Å². The lowest BCUT2D eigenvalue weighted by atomic mass is 10.1. The van der Waals surface area contributed by atoms with Gasteiger partial charge in [0, 0.05) is 30.8 Å². The summed E-state index contributed by atoms with van der Waals surface area (Å²) in [5, 5.41) is 10.9. The summed E-state index contributed by atoms with van der Waals surface area (Å²) >= 11 is 0. The molecule has 9 heteroatoms. The predicted molar refractivity (Wildman–Crippen MR) is 122 cm³/mol. The van der Waals surface area contributed by atoms with Crippen LogP contribution in [0.25, 0.3) is 34.0 Å². The number of ether oxygens (including phenoxy) is 1. The van der Waals surface area contributed by atoms with Gasteiger partial charge in [0.25, 0.3) is 11.6 Å². The Hall–Kier alpha value is -4.24. The minimum atomic E-state index is -0.447. The normalized spacial score (nSPS) is 14.5. The Morgan fingerprint density at radius 2 is 1.82 bits per heavy atom. The fourth-order valence-corrected chi connectivity index (χ4v) is 3.72. The minimum absolute atomic E-state index is 0.00806. The van der Waals surface area contributed by atoms with Crippen LogP contribution >= 0.6 is 0 Å². The molecule has 33 heavy (non-hydrogen) atoms. The van der Waals surface area contributed by atoms with Gasteiger partial charge >= 0.3 is 0 Å². The van der Waals surface area contributed by atoms with E-state index in [2.05, 4.69) is 9.97 Å². The summed E-state index contributed by atoms with van der Waals surface area (Å²) < 4.78 is 11.3. The van der Waals surface area contributed by atoms with E-state index in [1.807, 2.05) is 24.3 Å².